The van der Waals surface area contributed by atoms with E-state index in [2.05, 4.69) is 26.1 Å². The highest BCUT2D eigenvalue weighted by Crippen LogP contribution is 2.34. The van der Waals surface area contributed by atoms with Crippen molar-refractivity contribution in [2.75, 3.05) is 17.3 Å². The molecule has 0 saturated heterocycles. The van der Waals surface area contributed by atoms with Crippen molar-refractivity contribution in [3.05, 3.63) is 24.0 Å². The van der Waals surface area contributed by atoms with Gasteiger partial charge in [-0.2, -0.15) is 0 Å². The first-order valence-electron chi connectivity index (χ1n) is 7.26. The number of benzene rings is 1. The molecule has 0 aliphatic heterocycles. The molecule has 2 nitrogen and oxygen atoms in total. The number of nitrogens with zero attached hydrogens (tertiary/aromatic N) is 1. The highest BCUT2D eigenvalue weighted by atomic mass is 19.1. The smallest absolute Gasteiger partial charge is 0.148 e. The summed E-state index contributed by atoms with van der Waals surface area (Å²) >= 11 is 0. The van der Waals surface area contributed by atoms with Gasteiger partial charge in [-0.1, -0.05) is 12.8 Å². The molecule has 1 aromatic rings. The lowest BCUT2D eigenvalue weighted by Crippen LogP contribution is -2.26. The third kappa shape index (κ3) is 3.85. The van der Waals surface area contributed by atoms with Crippen LogP contribution >= 0.6 is 0 Å². The minimum absolute atomic E-state index is 0.153. The van der Waals surface area contributed by atoms with Gasteiger partial charge in [0.15, 0.2) is 0 Å². The average Bonchev–Trinajstić information content (AvgIpc) is 3.12. The Morgan fingerprint density at radius 2 is 2.00 bits per heavy atom. The van der Waals surface area contributed by atoms with E-state index in [9.17, 15) is 4.39 Å². The molecule has 0 bridgehead atoms. The van der Waals surface area contributed by atoms with Crippen molar-refractivity contribution in [2.24, 2.45) is 5.92 Å². The van der Waals surface area contributed by atoms with Crippen molar-refractivity contribution in [3.8, 4) is 0 Å². The number of anilines is 2. The standard InChI is InChI=1S/C16H25FN2/c1-11(2)19(4)16-8-7-14(10-15(16)17)18-12(3)9-13-5-6-13/h7-8,10-13,18H,5-6,9H2,1-4H3. The summed E-state index contributed by atoms with van der Waals surface area (Å²) in [5, 5.41) is 3.39. The van der Waals surface area contributed by atoms with E-state index in [0.717, 1.165) is 11.6 Å². The van der Waals surface area contributed by atoms with Gasteiger partial charge in [0.1, 0.15) is 5.82 Å². The number of hydrogen-bond acceptors (Lipinski definition) is 2. The van der Waals surface area contributed by atoms with Gasteiger partial charge in [-0.3, -0.25) is 0 Å². The fourth-order valence-electron chi connectivity index (χ4n) is 2.36. The molecule has 19 heavy (non-hydrogen) atoms. The van der Waals surface area contributed by atoms with E-state index in [1.54, 1.807) is 6.07 Å². The number of rotatable bonds is 6. The van der Waals surface area contributed by atoms with Crippen LogP contribution in [0.5, 0.6) is 0 Å². The lowest BCUT2D eigenvalue weighted by Gasteiger charge is -2.25. The quantitative estimate of drug-likeness (QED) is 0.825. The summed E-state index contributed by atoms with van der Waals surface area (Å²) in [6.45, 7) is 6.29. The molecular formula is C16H25FN2. The van der Waals surface area contributed by atoms with Crippen molar-refractivity contribution in [1.82, 2.24) is 0 Å². The predicted octanol–water partition coefficient (Wildman–Crippen LogP) is 4.27. The van der Waals surface area contributed by atoms with Crippen LogP contribution in [0.4, 0.5) is 15.8 Å². The summed E-state index contributed by atoms with van der Waals surface area (Å²) < 4.78 is 14.1. The van der Waals surface area contributed by atoms with E-state index in [0.29, 0.717) is 17.8 Å². The third-order valence-corrected chi connectivity index (χ3v) is 3.90. The van der Waals surface area contributed by atoms with Crippen LogP contribution in [-0.4, -0.2) is 19.1 Å². The van der Waals surface area contributed by atoms with Crippen LogP contribution in [0.25, 0.3) is 0 Å². The van der Waals surface area contributed by atoms with Crippen LogP contribution in [0.15, 0.2) is 18.2 Å². The van der Waals surface area contributed by atoms with E-state index in [-0.39, 0.29) is 5.82 Å². The zero-order valence-corrected chi connectivity index (χ0v) is 12.4. The van der Waals surface area contributed by atoms with Crippen molar-refractivity contribution in [3.63, 3.8) is 0 Å². The van der Waals surface area contributed by atoms with Crippen LogP contribution in [-0.2, 0) is 0 Å². The molecule has 0 amide bonds. The maximum Gasteiger partial charge on any atom is 0.148 e. The fraction of sp³-hybridized carbons (Fsp3) is 0.625. The average molecular weight is 264 g/mol. The van der Waals surface area contributed by atoms with Gasteiger partial charge in [-0.15, -0.1) is 0 Å². The number of halogens is 1. The van der Waals surface area contributed by atoms with Crippen molar-refractivity contribution in [1.29, 1.82) is 0 Å². The Labute approximate surface area is 116 Å². The van der Waals surface area contributed by atoms with Crippen LogP contribution < -0.4 is 10.2 Å². The van der Waals surface area contributed by atoms with Gasteiger partial charge in [0.25, 0.3) is 0 Å². The molecule has 1 atom stereocenters. The van der Waals surface area contributed by atoms with E-state index in [1.165, 1.54) is 19.3 Å². The number of hydrogen-bond donors (Lipinski definition) is 1. The molecule has 1 aromatic carbocycles. The first kappa shape index (κ1) is 14.2. The molecular weight excluding hydrogens is 239 g/mol. The largest absolute Gasteiger partial charge is 0.382 e. The van der Waals surface area contributed by atoms with Crippen LogP contribution in [0.1, 0.15) is 40.0 Å². The lowest BCUT2D eigenvalue weighted by molar-refractivity contribution is 0.611. The molecule has 1 aliphatic rings. The maximum absolute atomic E-state index is 14.1. The number of nitrogens with one attached hydrogen (secondary N) is 1. The molecule has 3 heteroatoms. The van der Waals surface area contributed by atoms with Gasteiger partial charge in [0.2, 0.25) is 0 Å². The molecule has 1 saturated carbocycles. The van der Waals surface area contributed by atoms with Crippen LogP contribution in [0, 0.1) is 11.7 Å². The van der Waals surface area contributed by atoms with Gasteiger partial charge in [0.05, 0.1) is 5.69 Å². The molecule has 1 unspecified atom stereocenters. The van der Waals surface area contributed by atoms with E-state index < -0.39 is 0 Å². The van der Waals surface area contributed by atoms with E-state index in [1.807, 2.05) is 24.1 Å². The lowest BCUT2D eigenvalue weighted by atomic mass is 10.1. The second-order valence-corrected chi connectivity index (χ2v) is 6.10. The van der Waals surface area contributed by atoms with Crippen LogP contribution in [0.2, 0.25) is 0 Å². The molecule has 0 aromatic heterocycles. The molecule has 106 valence electrons. The Morgan fingerprint density at radius 3 is 2.53 bits per heavy atom. The monoisotopic (exact) mass is 264 g/mol. The Balaban J connectivity index is 2.01. The normalized spacial score (nSPS) is 16.5. The van der Waals surface area contributed by atoms with Crippen molar-refractivity contribution < 1.29 is 4.39 Å². The zero-order valence-electron chi connectivity index (χ0n) is 12.4. The van der Waals surface area contributed by atoms with E-state index >= 15 is 0 Å². The SMILES string of the molecule is CC(CC1CC1)Nc1ccc(N(C)C(C)C)c(F)c1. The second-order valence-electron chi connectivity index (χ2n) is 6.10. The van der Waals surface area contributed by atoms with Crippen molar-refractivity contribution in [2.45, 2.75) is 52.1 Å². The summed E-state index contributed by atoms with van der Waals surface area (Å²) in [6, 6.07) is 6.16. The molecule has 1 N–H and O–H groups in total. The minimum Gasteiger partial charge on any atom is -0.382 e. The van der Waals surface area contributed by atoms with Gasteiger partial charge in [-0.25, -0.2) is 4.39 Å². The first-order chi connectivity index (χ1) is 8.97. The molecule has 1 aliphatic carbocycles. The highest BCUT2D eigenvalue weighted by Gasteiger charge is 2.23. The van der Waals surface area contributed by atoms with Gasteiger partial charge in [-0.05, 0) is 51.3 Å². The summed E-state index contributed by atoms with van der Waals surface area (Å²) in [6.07, 6.45) is 3.91. The zero-order chi connectivity index (χ0) is 14.0. The first-order valence-corrected chi connectivity index (χ1v) is 7.26. The van der Waals surface area contributed by atoms with Crippen molar-refractivity contribution >= 4 is 11.4 Å². The Kier molecular flexibility index (Phi) is 4.33. The second kappa shape index (κ2) is 5.81. The maximum atomic E-state index is 14.1. The molecule has 0 heterocycles. The summed E-state index contributed by atoms with van der Waals surface area (Å²) in [5.41, 5.74) is 1.54. The molecule has 0 spiro atoms. The van der Waals surface area contributed by atoms with Crippen LogP contribution in [0.3, 0.4) is 0 Å². The predicted molar refractivity (Wildman–Crippen MR) is 80.4 cm³/mol. The topological polar surface area (TPSA) is 15.3 Å². The molecule has 1 fully saturated rings. The third-order valence-electron chi connectivity index (χ3n) is 3.90. The minimum atomic E-state index is -0.153. The van der Waals surface area contributed by atoms with Gasteiger partial charge >= 0.3 is 0 Å². The highest BCUT2D eigenvalue weighted by molar-refractivity contribution is 5.56. The molecule has 0 radical (unpaired) electrons. The Morgan fingerprint density at radius 1 is 1.32 bits per heavy atom. The van der Waals surface area contributed by atoms with E-state index in [4.69, 9.17) is 0 Å². The Bertz CT molecular complexity index is 427. The summed E-state index contributed by atoms with van der Waals surface area (Å²) in [5.74, 6) is 0.735. The Hall–Kier alpha value is -1.25. The van der Waals surface area contributed by atoms with Gasteiger partial charge in [0, 0.05) is 24.8 Å². The fourth-order valence-corrected chi connectivity index (χ4v) is 2.36. The molecule has 2 rings (SSSR count). The van der Waals surface area contributed by atoms with Gasteiger partial charge < -0.3 is 10.2 Å². The summed E-state index contributed by atoms with van der Waals surface area (Å²) in [4.78, 5) is 1.95. The summed E-state index contributed by atoms with van der Waals surface area (Å²) in [7, 11) is 1.92.